The number of pyridine rings is 2. The lowest BCUT2D eigenvalue weighted by atomic mass is 10.2. The van der Waals surface area contributed by atoms with Crippen molar-refractivity contribution in [2.45, 2.75) is 26.3 Å². The Labute approximate surface area is 130 Å². The van der Waals surface area contributed by atoms with Gasteiger partial charge in [-0.25, -0.2) is 9.97 Å². The maximum absolute atomic E-state index is 9.01. The third-order valence-electron chi connectivity index (χ3n) is 3.64. The number of aryl methyl sites for hydroxylation is 1. The summed E-state index contributed by atoms with van der Waals surface area (Å²) >= 11 is 0. The monoisotopic (exact) mass is 294 g/mol. The fourth-order valence-corrected chi connectivity index (χ4v) is 2.06. The summed E-state index contributed by atoms with van der Waals surface area (Å²) in [7, 11) is 0. The molecule has 0 atom stereocenters. The fourth-order valence-electron chi connectivity index (χ4n) is 2.06. The molecule has 2 aromatic rings. The van der Waals surface area contributed by atoms with Gasteiger partial charge in [-0.1, -0.05) is 6.07 Å². The zero-order chi connectivity index (χ0) is 15.4. The zero-order valence-corrected chi connectivity index (χ0v) is 12.5. The normalized spacial score (nSPS) is 13.5. The van der Waals surface area contributed by atoms with E-state index in [1.165, 1.54) is 12.8 Å². The highest BCUT2D eigenvalue weighted by atomic mass is 16.5. The van der Waals surface area contributed by atoms with Gasteiger partial charge in [0.2, 0.25) is 5.88 Å². The molecule has 0 aromatic carbocycles. The molecule has 1 aliphatic carbocycles. The molecule has 1 aliphatic rings. The number of rotatable bonds is 6. The van der Waals surface area contributed by atoms with E-state index < -0.39 is 0 Å². The summed E-state index contributed by atoms with van der Waals surface area (Å²) in [5.74, 6) is 2.07. The first-order valence-electron chi connectivity index (χ1n) is 7.44. The van der Waals surface area contributed by atoms with Crippen LogP contribution in [0.25, 0.3) is 0 Å². The maximum Gasteiger partial charge on any atom is 0.213 e. The van der Waals surface area contributed by atoms with E-state index in [0.29, 0.717) is 29.9 Å². The highest BCUT2D eigenvalue weighted by Gasteiger charge is 2.22. The van der Waals surface area contributed by atoms with E-state index in [1.54, 1.807) is 6.20 Å². The number of hydrogen-bond acceptors (Lipinski definition) is 5. The van der Waals surface area contributed by atoms with Crippen LogP contribution in [0.2, 0.25) is 0 Å². The summed E-state index contributed by atoms with van der Waals surface area (Å²) < 4.78 is 5.68. The summed E-state index contributed by atoms with van der Waals surface area (Å²) in [6.07, 6.45) is 4.28. The number of nitrogens with one attached hydrogen (secondary N) is 1. The number of hydrogen-bond donors (Lipinski definition) is 1. The van der Waals surface area contributed by atoms with Crippen molar-refractivity contribution < 1.29 is 4.74 Å². The highest BCUT2D eigenvalue weighted by Crippen LogP contribution is 2.29. The lowest BCUT2D eigenvalue weighted by Crippen LogP contribution is -2.05. The van der Waals surface area contributed by atoms with Gasteiger partial charge in [-0.05, 0) is 48.9 Å². The number of ether oxygens (including phenoxy) is 1. The summed E-state index contributed by atoms with van der Waals surface area (Å²) in [5.41, 5.74) is 2.41. The first kappa shape index (κ1) is 14.3. The van der Waals surface area contributed by atoms with Gasteiger partial charge in [0, 0.05) is 18.8 Å². The van der Waals surface area contributed by atoms with Crippen LogP contribution >= 0.6 is 0 Å². The molecule has 5 heteroatoms. The van der Waals surface area contributed by atoms with Crippen molar-refractivity contribution in [1.29, 1.82) is 5.26 Å². The molecule has 1 fully saturated rings. The minimum atomic E-state index is 0.452. The molecule has 22 heavy (non-hydrogen) atoms. The van der Waals surface area contributed by atoms with Gasteiger partial charge in [0.15, 0.2) is 0 Å². The molecule has 0 saturated heterocycles. The molecular formula is C17H18N4O. The van der Waals surface area contributed by atoms with Crippen molar-refractivity contribution in [2.24, 2.45) is 5.92 Å². The SMILES string of the molecule is Cc1ccc(NCc2ccnc(OCC3CC3)c2)nc1C#N. The Morgan fingerprint density at radius 2 is 2.23 bits per heavy atom. The molecule has 2 aromatic heterocycles. The Hall–Kier alpha value is -2.61. The number of nitriles is 1. The van der Waals surface area contributed by atoms with E-state index in [-0.39, 0.29) is 0 Å². The van der Waals surface area contributed by atoms with Crippen molar-refractivity contribution in [2.75, 3.05) is 11.9 Å². The van der Waals surface area contributed by atoms with E-state index >= 15 is 0 Å². The molecule has 3 rings (SSSR count). The van der Waals surface area contributed by atoms with E-state index in [2.05, 4.69) is 21.4 Å². The zero-order valence-electron chi connectivity index (χ0n) is 12.5. The summed E-state index contributed by atoms with van der Waals surface area (Å²) in [6, 6.07) is 9.75. The van der Waals surface area contributed by atoms with Gasteiger partial charge in [-0.15, -0.1) is 0 Å². The Kier molecular flexibility index (Phi) is 4.19. The second-order valence-electron chi connectivity index (χ2n) is 5.58. The molecular weight excluding hydrogens is 276 g/mol. The third kappa shape index (κ3) is 3.73. The second kappa shape index (κ2) is 6.44. The largest absolute Gasteiger partial charge is 0.477 e. The molecule has 0 radical (unpaired) electrons. The van der Waals surface area contributed by atoms with Crippen LogP contribution in [0.4, 0.5) is 5.82 Å². The molecule has 1 saturated carbocycles. The van der Waals surface area contributed by atoms with E-state index in [1.807, 2.05) is 31.2 Å². The quantitative estimate of drug-likeness (QED) is 0.886. The second-order valence-corrected chi connectivity index (χ2v) is 5.58. The van der Waals surface area contributed by atoms with E-state index in [0.717, 1.165) is 17.7 Å². The minimum absolute atomic E-state index is 0.452. The molecule has 5 nitrogen and oxygen atoms in total. The summed E-state index contributed by atoms with van der Waals surface area (Å²) in [5, 5.41) is 12.2. The lowest BCUT2D eigenvalue weighted by molar-refractivity contribution is 0.288. The summed E-state index contributed by atoms with van der Waals surface area (Å²) in [4.78, 5) is 8.50. The topological polar surface area (TPSA) is 70.8 Å². The van der Waals surface area contributed by atoms with E-state index in [9.17, 15) is 0 Å². The fraction of sp³-hybridized carbons (Fsp3) is 0.353. The standard InChI is InChI=1S/C17H18N4O/c1-12-2-5-16(21-15(12)9-18)20-10-14-6-7-19-17(8-14)22-11-13-3-4-13/h2,5-8,13H,3-4,10-11H2,1H3,(H,20,21). The first-order valence-corrected chi connectivity index (χ1v) is 7.44. The van der Waals surface area contributed by atoms with Gasteiger partial charge in [0.05, 0.1) is 6.61 Å². The number of aromatic nitrogens is 2. The Bertz CT molecular complexity index is 704. The van der Waals surface area contributed by atoms with Gasteiger partial charge in [0.1, 0.15) is 17.6 Å². The van der Waals surface area contributed by atoms with Crippen LogP contribution in [-0.2, 0) is 6.54 Å². The Morgan fingerprint density at radius 3 is 3.00 bits per heavy atom. The van der Waals surface area contributed by atoms with E-state index in [4.69, 9.17) is 10.00 Å². The molecule has 2 heterocycles. The van der Waals surface area contributed by atoms with Crippen LogP contribution in [0.3, 0.4) is 0 Å². The maximum atomic E-state index is 9.01. The molecule has 1 N–H and O–H groups in total. The highest BCUT2D eigenvalue weighted by molar-refractivity contribution is 5.43. The van der Waals surface area contributed by atoms with Crippen LogP contribution in [0.1, 0.15) is 29.7 Å². The Balaban J connectivity index is 1.60. The molecule has 0 aliphatic heterocycles. The Morgan fingerprint density at radius 1 is 1.36 bits per heavy atom. The molecule has 0 spiro atoms. The van der Waals surface area contributed by atoms with Gasteiger partial charge >= 0.3 is 0 Å². The average molecular weight is 294 g/mol. The van der Waals surface area contributed by atoms with Gasteiger partial charge in [-0.2, -0.15) is 5.26 Å². The minimum Gasteiger partial charge on any atom is -0.477 e. The van der Waals surface area contributed by atoms with Crippen LogP contribution in [0.15, 0.2) is 30.5 Å². The van der Waals surface area contributed by atoms with Crippen molar-refractivity contribution in [3.63, 3.8) is 0 Å². The van der Waals surface area contributed by atoms with Crippen molar-refractivity contribution in [3.8, 4) is 11.9 Å². The van der Waals surface area contributed by atoms with Crippen LogP contribution in [0, 0.1) is 24.2 Å². The average Bonchev–Trinajstić information content (AvgIpc) is 3.37. The predicted molar refractivity (Wildman–Crippen MR) is 83.5 cm³/mol. The smallest absolute Gasteiger partial charge is 0.213 e. The van der Waals surface area contributed by atoms with Crippen molar-refractivity contribution in [3.05, 3.63) is 47.3 Å². The number of anilines is 1. The molecule has 112 valence electrons. The molecule has 0 bridgehead atoms. The van der Waals surface area contributed by atoms with Crippen molar-refractivity contribution >= 4 is 5.82 Å². The van der Waals surface area contributed by atoms with Gasteiger partial charge in [0.25, 0.3) is 0 Å². The van der Waals surface area contributed by atoms with Crippen molar-refractivity contribution in [1.82, 2.24) is 9.97 Å². The molecule has 0 amide bonds. The van der Waals surface area contributed by atoms with Crippen LogP contribution < -0.4 is 10.1 Å². The van der Waals surface area contributed by atoms with Crippen LogP contribution in [-0.4, -0.2) is 16.6 Å². The summed E-state index contributed by atoms with van der Waals surface area (Å²) in [6.45, 7) is 3.25. The predicted octanol–water partition coefficient (Wildman–Crippen LogP) is 3.06. The first-order chi connectivity index (χ1) is 10.7. The van der Waals surface area contributed by atoms with Gasteiger partial charge < -0.3 is 10.1 Å². The van der Waals surface area contributed by atoms with Crippen LogP contribution in [0.5, 0.6) is 5.88 Å². The van der Waals surface area contributed by atoms with Gasteiger partial charge in [-0.3, -0.25) is 0 Å². The lowest BCUT2D eigenvalue weighted by Gasteiger charge is -2.09. The molecule has 0 unspecified atom stereocenters. The third-order valence-corrected chi connectivity index (χ3v) is 3.64. The number of nitrogens with zero attached hydrogens (tertiary/aromatic N) is 3.